The van der Waals surface area contributed by atoms with E-state index in [1.807, 2.05) is 6.07 Å². The maximum absolute atomic E-state index is 5.90. The molecule has 5 heteroatoms. The molecule has 3 rings (SSSR count). The molecule has 0 radical (unpaired) electrons. The molecule has 1 aliphatic heterocycles. The molecular weight excluding hydrogens is 354 g/mol. The van der Waals surface area contributed by atoms with Gasteiger partial charge in [0.25, 0.3) is 0 Å². The van der Waals surface area contributed by atoms with Gasteiger partial charge in [-0.3, -0.25) is 0 Å². The topological polar surface area (TPSA) is 34.4 Å². The largest absolute Gasteiger partial charge is 0.493 e. The second kappa shape index (κ2) is 6.42. The molecule has 21 heavy (non-hydrogen) atoms. The highest BCUT2D eigenvalue weighted by Gasteiger charge is 2.22. The van der Waals surface area contributed by atoms with E-state index in [1.54, 1.807) is 6.07 Å². The molecule has 1 N–H and O–H groups in total. The zero-order valence-corrected chi connectivity index (χ0v) is 14.1. The SMILES string of the molecule is CCNC(Cc1cc(Br)cc2c1OCC2)c1ccc(Cl)o1. The Labute approximate surface area is 137 Å². The van der Waals surface area contributed by atoms with E-state index in [4.69, 9.17) is 20.8 Å². The summed E-state index contributed by atoms with van der Waals surface area (Å²) in [6, 6.07) is 8.06. The first-order chi connectivity index (χ1) is 10.2. The van der Waals surface area contributed by atoms with Crippen LogP contribution >= 0.6 is 27.5 Å². The normalized spacial score (nSPS) is 14.8. The summed E-state index contributed by atoms with van der Waals surface area (Å²) in [5.74, 6) is 1.88. The Morgan fingerprint density at radius 3 is 2.95 bits per heavy atom. The lowest BCUT2D eigenvalue weighted by Crippen LogP contribution is -2.22. The van der Waals surface area contributed by atoms with E-state index in [2.05, 4.69) is 40.3 Å². The van der Waals surface area contributed by atoms with Gasteiger partial charge in [0.1, 0.15) is 11.5 Å². The van der Waals surface area contributed by atoms with Crippen molar-refractivity contribution < 1.29 is 9.15 Å². The van der Waals surface area contributed by atoms with Crippen LogP contribution in [0.2, 0.25) is 5.22 Å². The number of fused-ring (bicyclic) bond motifs is 1. The molecule has 0 spiro atoms. The second-order valence-electron chi connectivity index (χ2n) is 5.11. The van der Waals surface area contributed by atoms with E-state index < -0.39 is 0 Å². The Hall–Kier alpha value is -0.970. The lowest BCUT2D eigenvalue weighted by Gasteiger charge is -2.17. The fourth-order valence-electron chi connectivity index (χ4n) is 2.75. The predicted octanol–water partition coefficient (Wildman–Crippen LogP) is 4.52. The van der Waals surface area contributed by atoms with Crippen molar-refractivity contribution in [2.24, 2.45) is 0 Å². The molecule has 3 nitrogen and oxygen atoms in total. The van der Waals surface area contributed by atoms with Crippen LogP contribution in [0.25, 0.3) is 0 Å². The molecule has 1 atom stereocenters. The number of nitrogens with one attached hydrogen (secondary N) is 1. The number of furan rings is 1. The number of ether oxygens (including phenoxy) is 1. The van der Waals surface area contributed by atoms with Crippen molar-refractivity contribution in [2.45, 2.75) is 25.8 Å². The molecule has 0 saturated carbocycles. The van der Waals surface area contributed by atoms with Crippen molar-refractivity contribution in [1.29, 1.82) is 0 Å². The summed E-state index contributed by atoms with van der Waals surface area (Å²) >= 11 is 9.48. The van der Waals surface area contributed by atoms with Crippen molar-refractivity contribution in [2.75, 3.05) is 13.2 Å². The molecule has 112 valence electrons. The number of hydrogen-bond donors (Lipinski definition) is 1. The van der Waals surface area contributed by atoms with Crippen molar-refractivity contribution in [3.05, 3.63) is 50.8 Å². The van der Waals surface area contributed by atoms with Gasteiger partial charge in [-0.1, -0.05) is 22.9 Å². The monoisotopic (exact) mass is 369 g/mol. The average molecular weight is 371 g/mol. The second-order valence-corrected chi connectivity index (χ2v) is 6.40. The number of hydrogen-bond acceptors (Lipinski definition) is 3. The Bertz CT molecular complexity index is 641. The highest BCUT2D eigenvalue weighted by atomic mass is 79.9. The predicted molar refractivity (Wildman–Crippen MR) is 87.2 cm³/mol. The van der Waals surface area contributed by atoms with Crippen molar-refractivity contribution in [3.8, 4) is 5.75 Å². The van der Waals surface area contributed by atoms with Crippen LogP contribution in [0.5, 0.6) is 5.75 Å². The smallest absolute Gasteiger partial charge is 0.193 e. The first-order valence-electron chi connectivity index (χ1n) is 7.10. The first kappa shape index (κ1) is 14.9. The zero-order valence-electron chi connectivity index (χ0n) is 11.8. The Kier molecular flexibility index (Phi) is 4.57. The molecule has 1 unspecified atom stereocenters. The number of likely N-dealkylation sites (N-methyl/N-ethyl adjacent to an activating group) is 1. The van der Waals surface area contributed by atoms with Gasteiger partial charge in [-0.25, -0.2) is 0 Å². The van der Waals surface area contributed by atoms with Gasteiger partial charge in [0.2, 0.25) is 0 Å². The van der Waals surface area contributed by atoms with E-state index in [0.717, 1.165) is 42.0 Å². The summed E-state index contributed by atoms with van der Waals surface area (Å²) in [6.45, 7) is 3.71. The summed E-state index contributed by atoms with van der Waals surface area (Å²) in [4.78, 5) is 0. The number of halogens is 2. The fourth-order valence-corrected chi connectivity index (χ4v) is 3.46. The van der Waals surface area contributed by atoms with Gasteiger partial charge < -0.3 is 14.5 Å². The van der Waals surface area contributed by atoms with Crippen molar-refractivity contribution >= 4 is 27.5 Å². The molecule has 0 fully saturated rings. The first-order valence-corrected chi connectivity index (χ1v) is 8.27. The molecule has 1 aromatic heterocycles. The highest BCUT2D eigenvalue weighted by Crippen LogP contribution is 2.35. The summed E-state index contributed by atoms with van der Waals surface area (Å²) in [7, 11) is 0. The highest BCUT2D eigenvalue weighted by molar-refractivity contribution is 9.10. The van der Waals surface area contributed by atoms with Gasteiger partial charge in [-0.15, -0.1) is 0 Å². The average Bonchev–Trinajstić information content (AvgIpc) is 3.06. The molecular formula is C16H17BrClNO2. The third kappa shape index (κ3) is 3.28. The standard InChI is InChI=1S/C16H17BrClNO2/c1-2-19-13(14-3-4-15(18)21-14)9-11-8-12(17)7-10-5-6-20-16(10)11/h3-4,7-8,13,19H,2,5-6,9H2,1H3. The maximum Gasteiger partial charge on any atom is 0.193 e. The molecule has 2 heterocycles. The van der Waals surface area contributed by atoms with Crippen LogP contribution in [0.3, 0.4) is 0 Å². The van der Waals surface area contributed by atoms with Crippen molar-refractivity contribution in [3.63, 3.8) is 0 Å². The molecule has 2 aromatic rings. The molecule has 0 bridgehead atoms. The van der Waals surface area contributed by atoms with Gasteiger partial charge >= 0.3 is 0 Å². The lowest BCUT2D eigenvalue weighted by atomic mass is 10.00. The van der Waals surface area contributed by atoms with E-state index in [-0.39, 0.29) is 6.04 Å². The summed E-state index contributed by atoms with van der Waals surface area (Å²) in [5, 5.41) is 3.87. The van der Waals surface area contributed by atoms with Gasteiger partial charge in [0.05, 0.1) is 12.6 Å². The molecule has 0 saturated heterocycles. The minimum absolute atomic E-state index is 0.0881. The minimum Gasteiger partial charge on any atom is -0.493 e. The summed E-state index contributed by atoms with van der Waals surface area (Å²) < 4.78 is 12.5. The summed E-state index contributed by atoms with van der Waals surface area (Å²) in [6.07, 6.45) is 1.78. The third-order valence-electron chi connectivity index (χ3n) is 3.64. The van der Waals surface area contributed by atoms with E-state index >= 15 is 0 Å². The van der Waals surface area contributed by atoms with E-state index in [1.165, 1.54) is 11.1 Å². The van der Waals surface area contributed by atoms with Crippen LogP contribution in [0, 0.1) is 0 Å². The van der Waals surface area contributed by atoms with Crippen LogP contribution < -0.4 is 10.1 Å². The third-order valence-corrected chi connectivity index (χ3v) is 4.30. The van der Waals surface area contributed by atoms with Crippen LogP contribution in [-0.2, 0) is 12.8 Å². The van der Waals surface area contributed by atoms with Gasteiger partial charge in [-0.2, -0.15) is 0 Å². The van der Waals surface area contributed by atoms with E-state index in [0.29, 0.717) is 5.22 Å². The number of rotatable bonds is 5. The van der Waals surface area contributed by atoms with Gasteiger partial charge in [0.15, 0.2) is 5.22 Å². The van der Waals surface area contributed by atoms with E-state index in [9.17, 15) is 0 Å². The Morgan fingerprint density at radius 1 is 1.38 bits per heavy atom. The van der Waals surface area contributed by atoms with Gasteiger partial charge in [-0.05, 0) is 60.0 Å². The van der Waals surface area contributed by atoms with Crippen LogP contribution in [0.15, 0.2) is 33.2 Å². The summed E-state index contributed by atoms with van der Waals surface area (Å²) in [5.41, 5.74) is 2.46. The van der Waals surface area contributed by atoms with Crippen LogP contribution in [0.1, 0.15) is 29.9 Å². The lowest BCUT2D eigenvalue weighted by molar-refractivity contribution is 0.349. The number of benzene rings is 1. The van der Waals surface area contributed by atoms with Gasteiger partial charge in [0, 0.05) is 10.9 Å². The maximum atomic E-state index is 5.90. The molecule has 0 aliphatic carbocycles. The minimum atomic E-state index is 0.0881. The quantitative estimate of drug-likeness (QED) is 0.840. The van der Waals surface area contributed by atoms with Crippen LogP contribution in [0.4, 0.5) is 0 Å². The van der Waals surface area contributed by atoms with Crippen molar-refractivity contribution in [1.82, 2.24) is 5.32 Å². The Balaban J connectivity index is 1.90. The molecule has 1 aliphatic rings. The van der Waals surface area contributed by atoms with Crippen LogP contribution in [-0.4, -0.2) is 13.2 Å². The fraction of sp³-hybridized carbons (Fsp3) is 0.375. The zero-order chi connectivity index (χ0) is 14.8. The Morgan fingerprint density at radius 2 is 2.24 bits per heavy atom. The molecule has 0 amide bonds. The molecule has 1 aromatic carbocycles.